The number of hydrogen-bond acceptors (Lipinski definition) is 4. The molecule has 0 radical (unpaired) electrons. The van der Waals surface area contributed by atoms with Crippen molar-refractivity contribution in [2.45, 2.75) is 13.5 Å². The minimum Gasteiger partial charge on any atom is -0.468 e. The number of ether oxygens (including phenoxy) is 1. The number of ketones is 1. The van der Waals surface area contributed by atoms with Gasteiger partial charge in [-0.15, -0.1) is 0 Å². The van der Waals surface area contributed by atoms with E-state index in [0.29, 0.717) is 12.1 Å². The van der Waals surface area contributed by atoms with E-state index in [-0.39, 0.29) is 18.3 Å². The van der Waals surface area contributed by atoms with Crippen molar-refractivity contribution in [1.29, 1.82) is 0 Å². The van der Waals surface area contributed by atoms with Gasteiger partial charge in [0.05, 0.1) is 13.7 Å². The monoisotopic (exact) mass is 221 g/mol. The van der Waals surface area contributed by atoms with Crippen LogP contribution in [0.1, 0.15) is 22.8 Å². The zero-order chi connectivity index (χ0) is 12.0. The van der Waals surface area contributed by atoms with E-state index < -0.39 is 0 Å². The third-order valence-electron chi connectivity index (χ3n) is 2.19. The average molecular weight is 221 g/mol. The molecule has 1 aromatic rings. The SMILES string of the molecule is COC(=O)CNCc1ccc(C(C)=O)cc1. The topological polar surface area (TPSA) is 55.4 Å². The fourth-order valence-electron chi connectivity index (χ4n) is 1.24. The van der Waals surface area contributed by atoms with Crippen molar-refractivity contribution in [1.82, 2.24) is 5.32 Å². The molecule has 0 aromatic heterocycles. The van der Waals surface area contributed by atoms with Crippen molar-refractivity contribution in [2.75, 3.05) is 13.7 Å². The summed E-state index contributed by atoms with van der Waals surface area (Å²) in [5.74, 6) is -0.241. The summed E-state index contributed by atoms with van der Waals surface area (Å²) in [6, 6.07) is 7.27. The summed E-state index contributed by atoms with van der Waals surface area (Å²) in [6.07, 6.45) is 0. The van der Waals surface area contributed by atoms with Gasteiger partial charge in [-0.3, -0.25) is 9.59 Å². The molecule has 0 aliphatic heterocycles. The summed E-state index contributed by atoms with van der Waals surface area (Å²) in [7, 11) is 1.35. The molecule has 4 heteroatoms. The minimum absolute atomic E-state index is 0.0501. The Hall–Kier alpha value is -1.68. The molecule has 0 fully saturated rings. The second-order valence-corrected chi connectivity index (χ2v) is 3.43. The van der Waals surface area contributed by atoms with Crippen LogP contribution in [-0.4, -0.2) is 25.4 Å². The first-order valence-electron chi connectivity index (χ1n) is 5.01. The van der Waals surface area contributed by atoms with Crippen molar-refractivity contribution >= 4 is 11.8 Å². The first-order valence-corrected chi connectivity index (χ1v) is 5.01. The van der Waals surface area contributed by atoms with E-state index in [0.717, 1.165) is 5.56 Å². The van der Waals surface area contributed by atoms with Crippen LogP contribution < -0.4 is 5.32 Å². The first kappa shape index (κ1) is 12.4. The zero-order valence-corrected chi connectivity index (χ0v) is 9.45. The van der Waals surface area contributed by atoms with Crippen molar-refractivity contribution in [3.63, 3.8) is 0 Å². The number of hydrogen-bond donors (Lipinski definition) is 1. The van der Waals surface area contributed by atoms with Gasteiger partial charge in [-0.05, 0) is 12.5 Å². The Morgan fingerprint density at radius 1 is 1.25 bits per heavy atom. The maximum Gasteiger partial charge on any atom is 0.319 e. The van der Waals surface area contributed by atoms with E-state index in [1.807, 2.05) is 12.1 Å². The van der Waals surface area contributed by atoms with Crippen LogP contribution in [0.2, 0.25) is 0 Å². The van der Waals surface area contributed by atoms with Crippen LogP contribution in [0.15, 0.2) is 24.3 Å². The molecule has 0 heterocycles. The molecule has 0 unspecified atom stereocenters. The van der Waals surface area contributed by atoms with E-state index >= 15 is 0 Å². The molecule has 1 N–H and O–H groups in total. The fraction of sp³-hybridized carbons (Fsp3) is 0.333. The van der Waals surface area contributed by atoms with Crippen LogP contribution in [0.4, 0.5) is 0 Å². The quantitative estimate of drug-likeness (QED) is 0.598. The molecule has 0 spiro atoms. The molecule has 0 aliphatic rings. The molecule has 4 nitrogen and oxygen atoms in total. The van der Waals surface area contributed by atoms with Crippen LogP contribution in [0.25, 0.3) is 0 Å². The highest BCUT2D eigenvalue weighted by molar-refractivity contribution is 5.93. The summed E-state index contributed by atoms with van der Waals surface area (Å²) in [6.45, 7) is 2.29. The van der Waals surface area contributed by atoms with E-state index in [1.165, 1.54) is 14.0 Å². The Morgan fingerprint density at radius 3 is 2.38 bits per heavy atom. The first-order chi connectivity index (χ1) is 7.63. The molecule has 0 amide bonds. The molecule has 0 saturated carbocycles. The lowest BCUT2D eigenvalue weighted by Gasteiger charge is -2.04. The maximum absolute atomic E-state index is 11.0. The summed E-state index contributed by atoms with van der Waals surface area (Å²) in [5.41, 5.74) is 1.71. The number of carbonyl (C=O) groups excluding carboxylic acids is 2. The van der Waals surface area contributed by atoms with Gasteiger partial charge in [0.15, 0.2) is 5.78 Å². The normalized spacial score (nSPS) is 9.88. The molecule has 0 saturated heterocycles. The molecule has 0 bridgehead atoms. The average Bonchev–Trinajstić information content (AvgIpc) is 2.29. The second kappa shape index (κ2) is 6.02. The van der Waals surface area contributed by atoms with Gasteiger partial charge in [-0.25, -0.2) is 0 Å². The lowest BCUT2D eigenvalue weighted by atomic mass is 10.1. The van der Waals surface area contributed by atoms with Crippen LogP contribution in [0.3, 0.4) is 0 Å². The van der Waals surface area contributed by atoms with Crippen molar-refractivity contribution < 1.29 is 14.3 Å². The van der Waals surface area contributed by atoms with Gasteiger partial charge in [0, 0.05) is 12.1 Å². The Bertz CT molecular complexity index is 370. The van der Waals surface area contributed by atoms with Gasteiger partial charge in [-0.1, -0.05) is 24.3 Å². The van der Waals surface area contributed by atoms with Crippen LogP contribution in [-0.2, 0) is 16.1 Å². The van der Waals surface area contributed by atoms with E-state index in [2.05, 4.69) is 10.1 Å². The van der Waals surface area contributed by atoms with Gasteiger partial charge >= 0.3 is 5.97 Å². The smallest absolute Gasteiger partial charge is 0.319 e. The Balaban J connectivity index is 2.43. The van der Waals surface area contributed by atoms with Gasteiger partial charge in [0.2, 0.25) is 0 Å². The van der Waals surface area contributed by atoms with Crippen LogP contribution in [0, 0.1) is 0 Å². The molecule has 16 heavy (non-hydrogen) atoms. The number of nitrogens with one attached hydrogen (secondary N) is 1. The molecular formula is C12H15NO3. The molecule has 86 valence electrons. The zero-order valence-electron chi connectivity index (χ0n) is 9.45. The highest BCUT2D eigenvalue weighted by Gasteiger charge is 2.01. The third kappa shape index (κ3) is 3.82. The summed E-state index contributed by atoms with van der Waals surface area (Å²) < 4.78 is 4.49. The van der Waals surface area contributed by atoms with E-state index in [4.69, 9.17) is 0 Å². The van der Waals surface area contributed by atoms with Crippen molar-refractivity contribution in [3.05, 3.63) is 35.4 Å². The lowest BCUT2D eigenvalue weighted by molar-refractivity contribution is -0.139. The summed E-state index contributed by atoms with van der Waals surface area (Å²) in [5, 5.41) is 2.94. The van der Waals surface area contributed by atoms with E-state index in [1.54, 1.807) is 12.1 Å². The fourth-order valence-corrected chi connectivity index (χ4v) is 1.24. The summed E-state index contributed by atoms with van der Waals surface area (Å²) in [4.78, 5) is 21.8. The second-order valence-electron chi connectivity index (χ2n) is 3.43. The van der Waals surface area contributed by atoms with Crippen LogP contribution in [0.5, 0.6) is 0 Å². The minimum atomic E-state index is -0.291. The van der Waals surface area contributed by atoms with Crippen molar-refractivity contribution in [3.8, 4) is 0 Å². The van der Waals surface area contributed by atoms with Crippen LogP contribution >= 0.6 is 0 Å². The largest absolute Gasteiger partial charge is 0.468 e. The predicted octanol–water partition coefficient (Wildman–Crippen LogP) is 1.15. The number of esters is 1. The molecule has 1 rings (SSSR count). The molecule has 0 atom stereocenters. The number of carbonyl (C=O) groups is 2. The standard InChI is InChI=1S/C12H15NO3/c1-9(14)11-5-3-10(4-6-11)7-13-8-12(15)16-2/h3-6,13H,7-8H2,1-2H3. The highest BCUT2D eigenvalue weighted by atomic mass is 16.5. The van der Waals surface area contributed by atoms with Gasteiger partial charge in [-0.2, -0.15) is 0 Å². The number of Topliss-reactive ketones (excluding diaryl/α,β-unsaturated/α-hetero) is 1. The third-order valence-corrected chi connectivity index (χ3v) is 2.19. The lowest BCUT2D eigenvalue weighted by Crippen LogP contribution is -2.23. The molecule has 0 aliphatic carbocycles. The van der Waals surface area contributed by atoms with Gasteiger partial charge < -0.3 is 10.1 Å². The molecular weight excluding hydrogens is 206 g/mol. The van der Waals surface area contributed by atoms with Crippen molar-refractivity contribution in [2.24, 2.45) is 0 Å². The summed E-state index contributed by atoms with van der Waals surface area (Å²) >= 11 is 0. The number of methoxy groups -OCH3 is 1. The number of benzene rings is 1. The number of rotatable bonds is 5. The Kier molecular flexibility index (Phi) is 4.66. The highest BCUT2D eigenvalue weighted by Crippen LogP contribution is 2.04. The predicted molar refractivity (Wildman–Crippen MR) is 60.2 cm³/mol. The Labute approximate surface area is 94.6 Å². The Morgan fingerprint density at radius 2 is 1.88 bits per heavy atom. The van der Waals surface area contributed by atoms with Gasteiger partial charge in [0.1, 0.15) is 0 Å². The maximum atomic E-state index is 11.0. The molecule has 1 aromatic carbocycles. The van der Waals surface area contributed by atoms with E-state index in [9.17, 15) is 9.59 Å². The van der Waals surface area contributed by atoms with Gasteiger partial charge in [0.25, 0.3) is 0 Å².